The number of nitrogens with zero attached hydrogens (tertiary/aromatic N) is 3. The largest absolute Gasteiger partial charge is 0.369 e. The van der Waals surface area contributed by atoms with Crippen molar-refractivity contribution in [2.75, 3.05) is 31.5 Å². The highest BCUT2D eigenvalue weighted by atomic mass is 35.5. The van der Waals surface area contributed by atoms with Crippen LogP contribution in [-0.4, -0.2) is 41.0 Å². The molecule has 21 heavy (non-hydrogen) atoms. The Kier molecular flexibility index (Phi) is 5.96. The normalized spacial score (nSPS) is 10.9. The average Bonchev–Trinajstić information content (AvgIpc) is 2.52. The van der Waals surface area contributed by atoms with Crippen LogP contribution in [-0.2, 0) is 0 Å². The van der Waals surface area contributed by atoms with Gasteiger partial charge in [-0.1, -0.05) is 44.2 Å². The van der Waals surface area contributed by atoms with Crippen molar-refractivity contribution in [3.05, 3.63) is 41.7 Å². The van der Waals surface area contributed by atoms with Crippen molar-refractivity contribution in [3.63, 3.8) is 0 Å². The molecule has 0 atom stereocenters. The zero-order valence-electron chi connectivity index (χ0n) is 12.5. The second-order valence-corrected chi connectivity index (χ2v) is 5.07. The third kappa shape index (κ3) is 4.69. The van der Waals surface area contributed by atoms with Gasteiger partial charge < -0.3 is 10.2 Å². The molecule has 4 nitrogen and oxygen atoms in total. The van der Waals surface area contributed by atoms with Crippen LogP contribution in [0.25, 0.3) is 11.3 Å². The van der Waals surface area contributed by atoms with Gasteiger partial charge in [-0.3, -0.25) is 0 Å². The summed E-state index contributed by atoms with van der Waals surface area (Å²) < 4.78 is 0. The van der Waals surface area contributed by atoms with Gasteiger partial charge >= 0.3 is 0 Å². The lowest BCUT2D eigenvalue weighted by atomic mass is 10.1. The minimum Gasteiger partial charge on any atom is -0.369 e. The van der Waals surface area contributed by atoms with E-state index in [1.54, 1.807) is 0 Å². The maximum absolute atomic E-state index is 6.02. The first-order valence-electron chi connectivity index (χ1n) is 7.29. The molecule has 0 bridgehead atoms. The topological polar surface area (TPSA) is 41.0 Å². The van der Waals surface area contributed by atoms with Gasteiger partial charge in [0.25, 0.3) is 0 Å². The fraction of sp³-hybridized carbons (Fsp3) is 0.375. The van der Waals surface area contributed by atoms with Gasteiger partial charge in [0.05, 0.1) is 5.69 Å². The third-order valence-electron chi connectivity index (χ3n) is 3.40. The Hall–Kier alpha value is -1.65. The minimum absolute atomic E-state index is 0.265. The summed E-state index contributed by atoms with van der Waals surface area (Å²) >= 11 is 6.02. The lowest BCUT2D eigenvalue weighted by Gasteiger charge is -2.18. The van der Waals surface area contributed by atoms with Crippen LogP contribution in [0.3, 0.4) is 0 Å². The van der Waals surface area contributed by atoms with Crippen LogP contribution < -0.4 is 5.32 Å². The molecule has 1 heterocycles. The van der Waals surface area contributed by atoms with E-state index in [0.717, 1.165) is 43.3 Å². The Morgan fingerprint density at radius 3 is 2.48 bits per heavy atom. The monoisotopic (exact) mass is 304 g/mol. The van der Waals surface area contributed by atoms with Gasteiger partial charge in [-0.15, -0.1) is 0 Å². The van der Waals surface area contributed by atoms with Gasteiger partial charge in [0.2, 0.25) is 5.28 Å². The van der Waals surface area contributed by atoms with E-state index in [4.69, 9.17) is 11.6 Å². The van der Waals surface area contributed by atoms with E-state index in [1.165, 1.54) is 0 Å². The molecule has 0 aliphatic carbocycles. The summed E-state index contributed by atoms with van der Waals surface area (Å²) in [4.78, 5) is 10.9. The maximum Gasteiger partial charge on any atom is 0.224 e. The minimum atomic E-state index is 0.265. The summed E-state index contributed by atoms with van der Waals surface area (Å²) in [6.45, 7) is 8.26. The molecule has 1 aromatic carbocycles. The van der Waals surface area contributed by atoms with Crippen LogP contribution in [0.2, 0.25) is 5.28 Å². The summed E-state index contributed by atoms with van der Waals surface area (Å²) in [5, 5.41) is 3.58. The Morgan fingerprint density at radius 2 is 1.81 bits per heavy atom. The van der Waals surface area contributed by atoms with Crippen LogP contribution in [0.15, 0.2) is 36.4 Å². The molecule has 112 valence electrons. The van der Waals surface area contributed by atoms with Crippen molar-refractivity contribution < 1.29 is 0 Å². The molecule has 0 saturated carbocycles. The molecule has 0 aliphatic rings. The molecule has 0 saturated heterocycles. The molecule has 0 amide bonds. The SMILES string of the molecule is CCN(CC)CCNc1cc(-c2ccccc2)nc(Cl)n1. The highest BCUT2D eigenvalue weighted by Crippen LogP contribution is 2.21. The summed E-state index contributed by atoms with van der Waals surface area (Å²) in [6, 6.07) is 11.9. The van der Waals surface area contributed by atoms with Crippen molar-refractivity contribution in [2.45, 2.75) is 13.8 Å². The quantitative estimate of drug-likeness (QED) is 0.794. The fourth-order valence-electron chi connectivity index (χ4n) is 2.15. The number of halogens is 1. The first-order valence-corrected chi connectivity index (χ1v) is 7.67. The molecule has 0 radical (unpaired) electrons. The van der Waals surface area contributed by atoms with Crippen molar-refractivity contribution >= 4 is 17.4 Å². The number of likely N-dealkylation sites (N-methyl/N-ethyl adjacent to an activating group) is 1. The lowest BCUT2D eigenvalue weighted by molar-refractivity contribution is 0.316. The second-order valence-electron chi connectivity index (χ2n) is 4.73. The zero-order valence-corrected chi connectivity index (χ0v) is 13.3. The number of hydrogen-bond acceptors (Lipinski definition) is 4. The van der Waals surface area contributed by atoms with E-state index in [1.807, 2.05) is 36.4 Å². The molecule has 0 aliphatic heterocycles. The third-order valence-corrected chi connectivity index (χ3v) is 3.57. The molecule has 2 aromatic rings. The summed E-state index contributed by atoms with van der Waals surface area (Å²) in [5.74, 6) is 0.765. The predicted octanol–water partition coefficient (Wildman–Crippen LogP) is 3.55. The molecule has 1 aromatic heterocycles. The summed E-state index contributed by atoms with van der Waals surface area (Å²) in [7, 11) is 0. The van der Waals surface area contributed by atoms with E-state index >= 15 is 0 Å². The van der Waals surface area contributed by atoms with E-state index in [9.17, 15) is 0 Å². The first-order chi connectivity index (χ1) is 10.2. The van der Waals surface area contributed by atoms with Gasteiger partial charge in [0.15, 0.2) is 0 Å². The van der Waals surface area contributed by atoms with Crippen molar-refractivity contribution in [2.24, 2.45) is 0 Å². The summed E-state index contributed by atoms with van der Waals surface area (Å²) in [5.41, 5.74) is 1.87. The van der Waals surface area contributed by atoms with Gasteiger partial charge in [0.1, 0.15) is 5.82 Å². The second kappa shape index (κ2) is 7.96. The van der Waals surface area contributed by atoms with Crippen molar-refractivity contribution in [3.8, 4) is 11.3 Å². The predicted molar refractivity (Wildman–Crippen MR) is 88.8 cm³/mol. The van der Waals surface area contributed by atoms with Gasteiger partial charge in [0, 0.05) is 24.7 Å². The number of aromatic nitrogens is 2. The number of hydrogen-bond donors (Lipinski definition) is 1. The van der Waals surface area contributed by atoms with E-state index < -0.39 is 0 Å². The van der Waals surface area contributed by atoms with Crippen LogP contribution in [0.1, 0.15) is 13.8 Å². The Morgan fingerprint density at radius 1 is 1.10 bits per heavy atom. The number of benzene rings is 1. The lowest BCUT2D eigenvalue weighted by Crippen LogP contribution is -2.28. The molecule has 0 spiro atoms. The molecular formula is C16H21ClN4. The molecule has 0 unspecified atom stereocenters. The van der Waals surface area contributed by atoms with E-state index in [2.05, 4.69) is 34.0 Å². The Bertz CT molecular complexity index is 555. The van der Waals surface area contributed by atoms with Crippen LogP contribution in [0.4, 0.5) is 5.82 Å². The maximum atomic E-state index is 6.02. The van der Waals surface area contributed by atoms with E-state index in [0.29, 0.717) is 0 Å². The Labute approximate surface area is 131 Å². The number of nitrogens with one attached hydrogen (secondary N) is 1. The van der Waals surface area contributed by atoms with Gasteiger partial charge in [-0.05, 0) is 24.7 Å². The van der Waals surface area contributed by atoms with Crippen molar-refractivity contribution in [1.29, 1.82) is 0 Å². The number of anilines is 1. The van der Waals surface area contributed by atoms with Crippen LogP contribution >= 0.6 is 11.6 Å². The van der Waals surface area contributed by atoms with Gasteiger partial charge in [-0.2, -0.15) is 0 Å². The molecule has 0 fully saturated rings. The van der Waals surface area contributed by atoms with Crippen LogP contribution in [0.5, 0.6) is 0 Å². The van der Waals surface area contributed by atoms with E-state index in [-0.39, 0.29) is 5.28 Å². The molecule has 1 N–H and O–H groups in total. The molecule has 2 rings (SSSR count). The standard InChI is InChI=1S/C16H21ClN4/c1-3-21(4-2)11-10-18-15-12-14(19-16(17)20-15)13-8-6-5-7-9-13/h5-9,12H,3-4,10-11H2,1-2H3,(H,18,19,20). The molecule has 5 heteroatoms. The number of rotatable bonds is 7. The van der Waals surface area contributed by atoms with Crippen LogP contribution in [0, 0.1) is 0 Å². The zero-order chi connectivity index (χ0) is 15.1. The van der Waals surface area contributed by atoms with Gasteiger partial charge in [-0.25, -0.2) is 9.97 Å². The molecular weight excluding hydrogens is 284 g/mol. The first kappa shape index (κ1) is 15.7. The summed E-state index contributed by atoms with van der Waals surface area (Å²) in [6.07, 6.45) is 0. The average molecular weight is 305 g/mol. The fourth-order valence-corrected chi connectivity index (χ4v) is 2.33. The highest BCUT2D eigenvalue weighted by molar-refractivity contribution is 6.28. The van der Waals surface area contributed by atoms with Crippen molar-refractivity contribution in [1.82, 2.24) is 14.9 Å². The Balaban J connectivity index is 2.06. The smallest absolute Gasteiger partial charge is 0.224 e. The highest BCUT2D eigenvalue weighted by Gasteiger charge is 2.05.